The quantitative estimate of drug-likeness (QED) is 0.734. The zero-order valence-electron chi connectivity index (χ0n) is 8.29. The Bertz CT molecular complexity index is 499. The molecule has 16 heavy (non-hydrogen) atoms. The molecule has 0 saturated heterocycles. The summed E-state index contributed by atoms with van der Waals surface area (Å²) in [5, 5.41) is 1.81. The van der Waals surface area contributed by atoms with Crippen LogP contribution in [0.5, 0.6) is 5.75 Å². The molecule has 0 radical (unpaired) electrons. The molecule has 2 rings (SSSR count). The van der Waals surface area contributed by atoms with Gasteiger partial charge < -0.3 is 4.74 Å². The van der Waals surface area contributed by atoms with E-state index in [1.54, 1.807) is 12.1 Å². The van der Waals surface area contributed by atoms with Crippen LogP contribution in [0.4, 0.5) is 8.78 Å². The van der Waals surface area contributed by atoms with Gasteiger partial charge in [-0.2, -0.15) is 8.78 Å². The van der Waals surface area contributed by atoms with Gasteiger partial charge in [0.25, 0.3) is 0 Å². The fraction of sp³-hybridized carbons (Fsp3) is 0.167. The average Bonchev–Trinajstić information content (AvgIpc) is 2.27. The van der Waals surface area contributed by atoms with Gasteiger partial charge in [-0.25, -0.2) is 0 Å². The standard InChI is InChI=1S/C12H9ClF2O/c13-7-8-1-2-10-6-11(16-12(14)15)4-3-9(10)5-8/h1-6,12H,7H2. The summed E-state index contributed by atoms with van der Waals surface area (Å²) in [4.78, 5) is 0. The topological polar surface area (TPSA) is 9.23 Å². The van der Waals surface area contributed by atoms with Gasteiger partial charge in [-0.1, -0.05) is 18.2 Å². The lowest BCUT2D eigenvalue weighted by Gasteiger charge is -2.06. The van der Waals surface area contributed by atoms with E-state index >= 15 is 0 Å². The van der Waals surface area contributed by atoms with Crippen molar-refractivity contribution in [1.82, 2.24) is 0 Å². The third-order valence-electron chi connectivity index (χ3n) is 2.26. The molecular weight excluding hydrogens is 234 g/mol. The number of ether oxygens (including phenoxy) is 1. The summed E-state index contributed by atoms with van der Waals surface area (Å²) in [7, 11) is 0. The van der Waals surface area contributed by atoms with Crippen molar-refractivity contribution in [2.75, 3.05) is 0 Å². The van der Waals surface area contributed by atoms with Crippen LogP contribution in [0.15, 0.2) is 36.4 Å². The van der Waals surface area contributed by atoms with Crippen molar-refractivity contribution in [3.63, 3.8) is 0 Å². The minimum absolute atomic E-state index is 0.168. The summed E-state index contributed by atoms with van der Waals surface area (Å²) in [6.07, 6.45) is 0. The summed E-state index contributed by atoms with van der Waals surface area (Å²) in [6.45, 7) is -2.79. The predicted octanol–water partition coefficient (Wildman–Crippen LogP) is 4.18. The lowest BCUT2D eigenvalue weighted by Crippen LogP contribution is -2.01. The van der Waals surface area contributed by atoms with E-state index in [0.29, 0.717) is 5.88 Å². The van der Waals surface area contributed by atoms with Crippen LogP contribution in [0.2, 0.25) is 0 Å². The van der Waals surface area contributed by atoms with Gasteiger partial charge in [-0.05, 0) is 34.5 Å². The largest absolute Gasteiger partial charge is 0.435 e. The van der Waals surface area contributed by atoms with Crippen LogP contribution in [0.3, 0.4) is 0 Å². The highest BCUT2D eigenvalue weighted by Gasteiger charge is 2.04. The van der Waals surface area contributed by atoms with Gasteiger partial charge in [0.05, 0.1) is 0 Å². The number of fused-ring (bicyclic) bond motifs is 1. The highest BCUT2D eigenvalue weighted by molar-refractivity contribution is 6.17. The third-order valence-corrected chi connectivity index (χ3v) is 2.56. The second-order valence-electron chi connectivity index (χ2n) is 3.36. The Morgan fingerprint density at radius 2 is 1.75 bits per heavy atom. The molecular formula is C12H9ClF2O. The van der Waals surface area contributed by atoms with Crippen molar-refractivity contribution in [1.29, 1.82) is 0 Å². The van der Waals surface area contributed by atoms with E-state index in [2.05, 4.69) is 4.74 Å². The molecule has 0 atom stereocenters. The highest BCUT2D eigenvalue weighted by Crippen LogP contribution is 2.23. The maximum Gasteiger partial charge on any atom is 0.387 e. The first-order chi connectivity index (χ1) is 7.69. The van der Waals surface area contributed by atoms with Gasteiger partial charge in [0.2, 0.25) is 0 Å². The molecule has 4 heteroatoms. The van der Waals surface area contributed by atoms with Crippen molar-refractivity contribution in [2.24, 2.45) is 0 Å². The molecule has 0 N–H and O–H groups in total. The highest BCUT2D eigenvalue weighted by atomic mass is 35.5. The maximum atomic E-state index is 12.0. The molecule has 0 heterocycles. The lowest BCUT2D eigenvalue weighted by molar-refractivity contribution is -0.0497. The number of alkyl halides is 3. The predicted molar refractivity (Wildman–Crippen MR) is 60.1 cm³/mol. The Kier molecular flexibility index (Phi) is 3.25. The van der Waals surface area contributed by atoms with E-state index in [0.717, 1.165) is 16.3 Å². The van der Waals surface area contributed by atoms with Crippen molar-refractivity contribution >= 4 is 22.4 Å². The lowest BCUT2D eigenvalue weighted by atomic mass is 10.1. The first kappa shape index (κ1) is 11.1. The van der Waals surface area contributed by atoms with E-state index in [1.165, 1.54) is 6.07 Å². The van der Waals surface area contributed by atoms with Gasteiger partial charge in [0.1, 0.15) is 5.75 Å². The first-order valence-corrected chi connectivity index (χ1v) is 5.26. The smallest absolute Gasteiger partial charge is 0.387 e. The molecule has 0 spiro atoms. The third kappa shape index (κ3) is 2.42. The minimum atomic E-state index is -2.79. The van der Waals surface area contributed by atoms with Gasteiger partial charge >= 0.3 is 6.61 Å². The molecule has 0 fully saturated rings. The van der Waals surface area contributed by atoms with E-state index in [-0.39, 0.29) is 5.75 Å². The zero-order valence-corrected chi connectivity index (χ0v) is 9.05. The van der Waals surface area contributed by atoms with E-state index < -0.39 is 6.61 Å². The van der Waals surface area contributed by atoms with Crippen LogP contribution in [0.1, 0.15) is 5.56 Å². The van der Waals surface area contributed by atoms with Crippen LogP contribution in [0, 0.1) is 0 Å². The average molecular weight is 243 g/mol. The molecule has 0 aliphatic heterocycles. The Morgan fingerprint density at radius 1 is 1.06 bits per heavy atom. The fourth-order valence-electron chi connectivity index (χ4n) is 1.53. The molecule has 0 aliphatic carbocycles. The Labute approximate surface area is 96.6 Å². The van der Waals surface area contributed by atoms with Crippen LogP contribution in [-0.2, 0) is 5.88 Å². The number of rotatable bonds is 3. The van der Waals surface area contributed by atoms with Crippen LogP contribution in [0.25, 0.3) is 10.8 Å². The van der Waals surface area contributed by atoms with E-state index in [9.17, 15) is 8.78 Å². The molecule has 84 valence electrons. The first-order valence-electron chi connectivity index (χ1n) is 4.72. The van der Waals surface area contributed by atoms with Crippen LogP contribution >= 0.6 is 11.6 Å². The van der Waals surface area contributed by atoms with Crippen LogP contribution in [-0.4, -0.2) is 6.61 Å². The molecule has 0 unspecified atom stereocenters. The minimum Gasteiger partial charge on any atom is -0.435 e. The van der Waals surface area contributed by atoms with Gasteiger partial charge in [-0.3, -0.25) is 0 Å². The van der Waals surface area contributed by atoms with Crippen molar-refractivity contribution in [3.05, 3.63) is 42.0 Å². The van der Waals surface area contributed by atoms with Gasteiger partial charge in [0, 0.05) is 5.88 Å². The molecule has 2 aromatic rings. The SMILES string of the molecule is FC(F)Oc1ccc2cc(CCl)ccc2c1. The number of benzene rings is 2. The molecule has 0 aromatic heterocycles. The van der Waals surface area contributed by atoms with Crippen molar-refractivity contribution < 1.29 is 13.5 Å². The molecule has 0 amide bonds. The Morgan fingerprint density at radius 3 is 2.44 bits per heavy atom. The molecule has 0 aliphatic rings. The Balaban J connectivity index is 2.39. The van der Waals surface area contributed by atoms with Crippen molar-refractivity contribution in [3.8, 4) is 5.75 Å². The summed E-state index contributed by atoms with van der Waals surface area (Å²) in [5.41, 5.74) is 0.997. The van der Waals surface area contributed by atoms with E-state index in [1.807, 2.05) is 18.2 Å². The summed E-state index contributed by atoms with van der Waals surface area (Å²) < 4.78 is 28.3. The zero-order chi connectivity index (χ0) is 11.5. The second kappa shape index (κ2) is 4.66. The monoisotopic (exact) mass is 242 g/mol. The maximum absolute atomic E-state index is 12.0. The Hall–Kier alpha value is -1.35. The number of halogens is 3. The van der Waals surface area contributed by atoms with Gasteiger partial charge in [-0.15, -0.1) is 11.6 Å². The molecule has 1 nitrogen and oxygen atoms in total. The molecule has 0 saturated carbocycles. The van der Waals surface area contributed by atoms with Crippen LogP contribution < -0.4 is 4.74 Å². The van der Waals surface area contributed by atoms with Gasteiger partial charge in [0.15, 0.2) is 0 Å². The number of hydrogen-bond acceptors (Lipinski definition) is 1. The van der Waals surface area contributed by atoms with Crippen molar-refractivity contribution in [2.45, 2.75) is 12.5 Å². The molecule has 0 bridgehead atoms. The normalized spacial score (nSPS) is 11.0. The summed E-state index contributed by atoms with van der Waals surface area (Å²) in [6, 6.07) is 10.5. The fourth-order valence-corrected chi connectivity index (χ4v) is 1.70. The molecule has 2 aromatic carbocycles. The summed E-state index contributed by atoms with van der Waals surface area (Å²) >= 11 is 5.70. The second-order valence-corrected chi connectivity index (χ2v) is 3.62. The number of hydrogen-bond donors (Lipinski definition) is 0. The summed E-state index contributed by atoms with van der Waals surface area (Å²) in [5.74, 6) is 0.603. The van der Waals surface area contributed by atoms with E-state index in [4.69, 9.17) is 11.6 Å².